The van der Waals surface area contributed by atoms with Gasteiger partial charge >= 0.3 is 5.97 Å². The van der Waals surface area contributed by atoms with Gasteiger partial charge in [0.25, 0.3) is 0 Å². The molecular weight excluding hydrogens is 216 g/mol. The van der Waals surface area contributed by atoms with Gasteiger partial charge in [-0.05, 0) is 44.4 Å². The fraction of sp³-hybridized carbons (Fsp3) is 0.786. The number of ether oxygens (including phenoxy) is 2. The van der Waals surface area contributed by atoms with Gasteiger partial charge in [0, 0.05) is 19.1 Å². The number of hydrogen-bond donors (Lipinski definition) is 0. The van der Waals surface area contributed by atoms with Crippen LogP contribution in [-0.2, 0) is 14.3 Å². The number of cyclic esters (lactones) is 1. The predicted molar refractivity (Wildman–Crippen MR) is 65.0 cm³/mol. The fourth-order valence-corrected chi connectivity index (χ4v) is 2.45. The average Bonchev–Trinajstić information content (AvgIpc) is 2.89. The monoisotopic (exact) mass is 238 g/mol. The molecule has 0 aromatic heterocycles. The van der Waals surface area contributed by atoms with Gasteiger partial charge in [-0.2, -0.15) is 0 Å². The van der Waals surface area contributed by atoms with E-state index in [1.165, 1.54) is 6.42 Å². The Morgan fingerprint density at radius 2 is 2.41 bits per heavy atom. The van der Waals surface area contributed by atoms with E-state index >= 15 is 0 Å². The summed E-state index contributed by atoms with van der Waals surface area (Å²) in [4.78, 5) is 10.9. The number of carbonyl (C=O) groups excluding carboxylic acids is 1. The van der Waals surface area contributed by atoms with Crippen LogP contribution < -0.4 is 0 Å². The Balaban J connectivity index is 1.48. The zero-order valence-corrected chi connectivity index (χ0v) is 10.6. The zero-order chi connectivity index (χ0) is 12.1. The van der Waals surface area contributed by atoms with E-state index in [9.17, 15) is 4.79 Å². The van der Waals surface area contributed by atoms with E-state index in [1.807, 2.05) is 0 Å². The molecule has 0 aromatic carbocycles. The third-order valence-corrected chi connectivity index (χ3v) is 3.56. The minimum atomic E-state index is -0.0965. The summed E-state index contributed by atoms with van der Waals surface area (Å²) in [5.41, 5.74) is 0. The zero-order valence-electron chi connectivity index (χ0n) is 10.6. The lowest BCUT2D eigenvalue weighted by Crippen LogP contribution is -2.06. The molecule has 0 spiro atoms. The molecule has 3 nitrogen and oxygen atoms in total. The standard InChI is InChI=1S/C14H22O3/c1-2-3-8-16-9-4-5-11-6-7-12(10-11)13-14(15)17-13/h4,7,11-13H,2-3,5-6,8-10H2,1H3. The molecule has 2 radical (unpaired) electrons. The number of rotatable bonds is 8. The molecule has 96 valence electrons. The Bertz CT molecular complexity index is 252. The van der Waals surface area contributed by atoms with Crippen molar-refractivity contribution in [3.05, 3.63) is 12.8 Å². The molecule has 3 unspecified atom stereocenters. The van der Waals surface area contributed by atoms with Crippen molar-refractivity contribution in [2.24, 2.45) is 11.8 Å². The van der Waals surface area contributed by atoms with Crippen LogP contribution in [0.25, 0.3) is 0 Å². The Morgan fingerprint density at radius 3 is 3.12 bits per heavy atom. The molecule has 1 saturated heterocycles. The second kappa shape index (κ2) is 6.39. The van der Waals surface area contributed by atoms with Gasteiger partial charge in [-0.15, -0.1) is 0 Å². The lowest BCUT2D eigenvalue weighted by molar-refractivity contribution is -0.117. The lowest BCUT2D eigenvalue weighted by atomic mass is 9.98. The quantitative estimate of drug-likeness (QED) is 0.482. The molecule has 3 atom stereocenters. The van der Waals surface area contributed by atoms with E-state index in [4.69, 9.17) is 9.47 Å². The van der Waals surface area contributed by atoms with Gasteiger partial charge in [0.05, 0.1) is 0 Å². The van der Waals surface area contributed by atoms with E-state index in [-0.39, 0.29) is 12.1 Å². The summed E-state index contributed by atoms with van der Waals surface area (Å²) >= 11 is 0. The van der Waals surface area contributed by atoms with Crippen molar-refractivity contribution in [1.82, 2.24) is 0 Å². The summed E-state index contributed by atoms with van der Waals surface area (Å²) < 4.78 is 10.4. The molecule has 1 aliphatic carbocycles. The largest absolute Gasteiger partial charge is 0.447 e. The van der Waals surface area contributed by atoms with Crippen molar-refractivity contribution < 1.29 is 14.3 Å². The summed E-state index contributed by atoms with van der Waals surface area (Å²) in [6, 6.07) is 0. The van der Waals surface area contributed by atoms with Crippen molar-refractivity contribution in [3.8, 4) is 0 Å². The van der Waals surface area contributed by atoms with Crippen LogP contribution in [0, 0.1) is 24.7 Å². The highest BCUT2D eigenvalue weighted by molar-refractivity contribution is 5.87. The highest BCUT2D eigenvalue weighted by Gasteiger charge is 2.47. The highest BCUT2D eigenvalue weighted by Crippen LogP contribution is 2.39. The normalized spacial score (nSPS) is 31.6. The maximum absolute atomic E-state index is 10.9. The molecular formula is C14H22O3. The van der Waals surface area contributed by atoms with E-state index in [0.29, 0.717) is 11.8 Å². The van der Waals surface area contributed by atoms with Crippen LogP contribution in [-0.4, -0.2) is 25.3 Å². The Morgan fingerprint density at radius 1 is 1.59 bits per heavy atom. The molecule has 0 N–H and O–H groups in total. The molecule has 2 rings (SSSR count). The van der Waals surface area contributed by atoms with Gasteiger partial charge in [-0.1, -0.05) is 13.3 Å². The van der Waals surface area contributed by atoms with Gasteiger partial charge in [-0.3, -0.25) is 0 Å². The van der Waals surface area contributed by atoms with Gasteiger partial charge in [-0.25, -0.2) is 4.79 Å². The number of carbonyl (C=O) groups is 1. The first-order valence-corrected chi connectivity index (χ1v) is 6.74. The summed E-state index contributed by atoms with van der Waals surface area (Å²) in [7, 11) is 0. The topological polar surface area (TPSA) is 38.8 Å². The molecule has 0 aromatic rings. The second-order valence-electron chi connectivity index (χ2n) is 5.05. The number of unbranched alkanes of at least 4 members (excludes halogenated alkanes) is 1. The van der Waals surface area contributed by atoms with E-state index in [0.717, 1.165) is 38.9 Å². The number of hydrogen-bond acceptors (Lipinski definition) is 3. The molecule has 1 heterocycles. The first kappa shape index (κ1) is 12.9. The Hall–Kier alpha value is -0.570. The maximum Gasteiger partial charge on any atom is 0.348 e. The summed E-state index contributed by atoms with van der Waals surface area (Å²) in [6.45, 7) is 3.81. The van der Waals surface area contributed by atoms with Gasteiger partial charge in [0.2, 0.25) is 6.10 Å². The second-order valence-corrected chi connectivity index (χ2v) is 5.05. The van der Waals surface area contributed by atoms with Crippen LogP contribution in [0.3, 0.4) is 0 Å². The van der Waals surface area contributed by atoms with Gasteiger partial charge < -0.3 is 9.47 Å². The Labute approximate surface area is 104 Å². The van der Waals surface area contributed by atoms with E-state index < -0.39 is 0 Å². The van der Waals surface area contributed by atoms with Crippen LogP contribution in [0.4, 0.5) is 0 Å². The number of epoxide rings is 1. The third kappa shape index (κ3) is 3.98. The first-order chi connectivity index (χ1) is 8.31. The molecule has 3 heteroatoms. The summed E-state index contributed by atoms with van der Waals surface area (Å²) in [5.74, 6) is 1.05. The van der Waals surface area contributed by atoms with Crippen molar-refractivity contribution in [1.29, 1.82) is 0 Å². The molecule has 2 aliphatic rings. The highest BCUT2D eigenvalue weighted by atomic mass is 16.6. The van der Waals surface area contributed by atoms with Crippen molar-refractivity contribution in [3.63, 3.8) is 0 Å². The van der Waals surface area contributed by atoms with Gasteiger partial charge in [0.15, 0.2) is 0 Å². The lowest BCUT2D eigenvalue weighted by Gasteiger charge is -2.09. The minimum absolute atomic E-state index is 0.0150. The van der Waals surface area contributed by atoms with E-state index in [2.05, 4.69) is 19.8 Å². The van der Waals surface area contributed by atoms with Crippen molar-refractivity contribution in [2.45, 2.75) is 45.1 Å². The maximum atomic E-state index is 10.9. The predicted octanol–water partition coefficient (Wildman–Crippen LogP) is 2.55. The molecule has 2 fully saturated rings. The van der Waals surface area contributed by atoms with Crippen molar-refractivity contribution in [2.75, 3.05) is 13.2 Å². The molecule has 1 aliphatic heterocycles. The molecule has 1 saturated carbocycles. The molecule has 0 amide bonds. The van der Waals surface area contributed by atoms with Crippen LogP contribution in [0.5, 0.6) is 0 Å². The third-order valence-electron chi connectivity index (χ3n) is 3.56. The summed E-state index contributed by atoms with van der Waals surface area (Å²) in [5, 5.41) is 0. The first-order valence-electron chi connectivity index (χ1n) is 6.74. The van der Waals surface area contributed by atoms with Crippen molar-refractivity contribution >= 4 is 5.97 Å². The van der Waals surface area contributed by atoms with Crippen LogP contribution in [0.15, 0.2) is 0 Å². The Kier molecular flexibility index (Phi) is 4.84. The molecule has 17 heavy (non-hydrogen) atoms. The molecule has 0 bridgehead atoms. The SMILES string of the molecule is CCCCOC[CH]CC1C[CH]C(C2OC2=O)C1. The van der Waals surface area contributed by atoms with Gasteiger partial charge in [0.1, 0.15) is 0 Å². The van der Waals surface area contributed by atoms with E-state index in [1.54, 1.807) is 0 Å². The summed E-state index contributed by atoms with van der Waals surface area (Å²) in [6.07, 6.45) is 10.0. The van der Waals surface area contributed by atoms with Crippen LogP contribution in [0.1, 0.15) is 39.0 Å². The average molecular weight is 238 g/mol. The van der Waals surface area contributed by atoms with Crippen LogP contribution in [0.2, 0.25) is 0 Å². The smallest absolute Gasteiger partial charge is 0.348 e. The minimum Gasteiger partial charge on any atom is -0.447 e. The van der Waals surface area contributed by atoms with Crippen LogP contribution >= 0.6 is 0 Å². The fourth-order valence-electron chi connectivity index (χ4n) is 2.45.